The lowest BCUT2D eigenvalue weighted by Crippen LogP contribution is -2.23. The number of unbranched alkanes of at least 4 members (excludes halogenated alkanes) is 2. The maximum Gasteiger partial charge on any atom is 0.216 e. The highest BCUT2D eigenvalue weighted by Crippen LogP contribution is 1.86. The molecule has 84 valence electrons. The van der Waals surface area contributed by atoms with Gasteiger partial charge in [0.15, 0.2) is 0 Å². The molecule has 0 heterocycles. The zero-order chi connectivity index (χ0) is 10.6. The fourth-order valence-electron chi connectivity index (χ4n) is 1.16. The Morgan fingerprint density at radius 3 is 2.21 bits per heavy atom. The van der Waals surface area contributed by atoms with Crippen molar-refractivity contribution in [1.82, 2.24) is 10.6 Å². The first-order chi connectivity index (χ1) is 6.77. The van der Waals surface area contributed by atoms with Crippen molar-refractivity contribution < 1.29 is 4.79 Å². The second-order valence-electron chi connectivity index (χ2n) is 3.44. The number of hydrogen-bond donors (Lipinski definition) is 3. The molecule has 0 aliphatic carbocycles. The Morgan fingerprint density at radius 1 is 1.07 bits per heavy atom. The molecule has 0 aromatic carbocycles. The molecular formula is C10H23N3O. The molecule has 14 heavy (non-hydrogen) atoms. The van der Waals surface area contributed by atoms with Crippen LogP contribution in [0.4, 0.5) is 0 Å². The van der Waals surface area contributed by atoms with E-state index >= 15 is 0 Å². The van der Waals surface area contributed by atoms with Crippen LogP contribution in [0.15, 0.2) is 0 Å². The summed E-state index contributed by atoms with van der Waals surface area (Å²) in [5.41, 5.74) is 5.37. The number of nitrogens with one attached hydrogen (secondary N) is 2. The van der Waals surface area contributed by atoms with Gasteiger partial charge < -0.3 is 16.4 Å². The minimum absolute atomic E-state index is 0.0564. The Morgan fingerprint density at radius 2 is 1.64 bits per heavy atom. The first-order valence-corrected chi connectivity index (χ1v) is 5.42. The zero-order valence-corrected chi connectivity index (χ0v) is 9.14. The molecular weight excluding hydrogens is 178 g/mol. The van der Waals surface area contributed by atoms with Gasteiger partial charge in [-0.3, -0.25) is 4.79 Å². The van der Waals surface area contributed by atoms with Crippen molar-refractivity contribution in [2.45, 2.75) is 32.6 Å². The SMILES string of the molecule is CC(=O)NCCCCNCCCCN. The summed E-state index contributed by atoms with van der Waals surface area (Å²) < 4.78 is 0. The van der Waals surface area contributed by atoms with Crippen LogP contribution in [0.1, 0.15) is 32.6 Å². The average Bonchev–Trinajstić information content (AvgIpc) is 2.15. The molecule has 0 bridgehead atoms. The van der Waals surface area contributed by atoms with Crippen LogP contribution in [-0.4, -0.2) is 32.1 Å². The molecule has 0 rings (SSSR count). The molecule has 0 unspecified atom stereocenters. The van der Waals surface area contributed by atoms with Crippen molar-refractivity contribution >= 4 is 5.91 Å². The number of hydrogen-bond acceptors (Lipinski definition) is 3. The highest BCUT2D eigenvalue weighted by Gasteiger charge is 1.91. The van der Waals surface area contributed by atoms with Crippen LogP contribution in [0.3, 0.4) is 0 Å². The van der Waals surface area contributed by atoms with Gasteiger partial charge in [0.05, 0.1) is 0 Å². The molecule has 0 atom stereocenters. The van der Waals surface area contributed by atoms with E-state index in [-0.39, 0.29) is 5.91 Å². The molecule has 0 saturated heterocycles. The van der Waals surface area contributed by atoms with Gasteiger partial charge in [-0.1, -0.05) is 0 Å². The highest BCUT2D eigenvalue weighted by atomic mass is 16.1. The summed E-state index contributed by atoms with van der Waals surface area (Å²) in [5, 5.41) is 6.11. The topological polar surface area (TPSA) is 67.2 Å². The molecule has 0 saturated carbocycles. The quantitative estimate of drug-likeness (QED) is 0.468. The van der Waals surface area contributed by atoms with Gasteiger partial charge in [0.25, 0.3) is 0 Å². The van der Waals surface area contributed by atoms with E-state index in [9.17, 15) is 4.79 Å². The van der Waals surface area contributed by atoms with Crippen molar-refractivity contribution in [3.63, 3.8) is 0 Å². The van der Waals surface area contributed by atoms with Gasteiger partial charge in [0.1, 0.15) is 0 Å². The monoisotopic (exact) mass is 201 g/mol. The van der Waals surface area contributed by atoms with Crippen LogP contribution >= 0.6 is 0 Å². The Kier molecular flexibility index (Phi) is 10.0. The minimum atomic E-state index is 0.0564. The molecule has 0 aliphatic heterocycles. The first kappa shape index (κ1) is 13.4. The van der Waals surface area contributed by atoms with E-state index in [0.29, 0.717) is 0 Å². The van der Waals surface area contributed by atoms with Crippen LogP contribution in [0.5, 0.6) is 0 Å². The minimum Gasteiger partial charge on any atom is -0.356 e. The second kappa shape index (κ2) is 10.5. The molecule has 4 nitrogen and oxygen atoms in total. The Hall–Kier alpha value is -0.610. The summed E-state index contributed by atoms with van der Waals surface area (Å²) in [5.74, 6) is 0.0564. The van der Waals surface area contributed by atoms with Gasteiger partial charge >= 0.3 is 0 Å². The lowest BCUT2D eigenvalue weighted by atomic mass is 10.3. The molecule has 4 heteroatoms. The van der Waals surface area contributed by atoms with Crippen LogP contribution < -0.4 is 16.4 Å². The van der Waals surface area contributed by atoms with Gasteiger partial charge in [-0.2, -0.15) is 0 Å². The lowest BCUT2D eigenvalue weighted by molar-refractivity contribution is -0.118. The fourth-order valence-corrected chi connectivity index (χ4v) is 1.16. The van der Waals surface area contributed by atoms with E-state index in [1.54, 1.807) is 6.92 Å². The summed E-state index contributed by atoms with van der Waals surface area (Å²) >= 11 is 0. The third kappa shape index (κ3) is 11.4. The number of nitrogens with two attached hydrogens (primary N) is 1. The summed E-state index contributed by atoms with van der Waals surface area (Å²) in [6.07, 6.45) is 4.41. The summed E-state index contributed by atoms with van der Waals surface area (Å²) in [4.78, 5) is 10.5. The van der Waals surface area contributed by atoms with Gasteiger partial charge in [-0.05, 0) is 45.3 Å². The Bertz CT molecular complexity index is 139. The summed E-state index contributed by atoms with van der Waals surface area (Å²) in [6.45, 7) is 5.20. The van der Waals surface area contributed by atoms with Crippen LogP contribution in [0.25, 0.3) is 0 Å². The summed E-state index contributed by atoms with van der Waals surface area (Å²) in [6, 6.07) is 0. The molecule has 0 radical (unpaired) electrons. The van der Waals surface area contributed by atoms with Crippen LogP contribution in [0, 0.1) is 0 Å². The molecule has 0 aromatic rings. The van der Waals surface area contributed by atoms with Crippen molar-refractivity contribution in [3.05, 3.63) is 0 Å². The Balaban J connectivity index is 2.88. The third-order valence-corrected chi connectivity index (χ3v) is 1.96. The standard InChI is InChI=1S/C10H23N3O/c1-10(14)13-9-5-4-8-12-7-3-2-6-11/h12H,2-9,11H2,1H3,(H,13,14). The molecule has 0 aromatic heterocycles. The first-order valence-electron chi connectivity index (χ1n) is 5.42. The predicted octanol–water partition coefficient (Wildman–Crippen LogP) is 0.231. The van der Waals surface area contributed by atoms with E-state index in [4.69, 9.17) is 5.73 Å². The summed E-state index contributed by atoms with van der Waals surface area (Å²) in [7, 11) is 0. The normalized spacial score (nSPS) is 10.1. The smallest absolute Gasteiger partial charge is 0.216 e. The van der Waals surface area contributed by atoms with Crippen LogP contribution in [0.2, 0.25) is 0 Å². The number of rotatable bonds is 9. The van der Waals surface area contributed by atoms with E-state index in [2.05, 4.69) is 10.6 Å². The zero-order valence-electron chi connectivity index (χ0n) is 9.14. The lowest BCUT2D eigenvalue weighted by Gasteiger charge is -2.04. The van der Waals surface area contributed by atoms with E-state index in [1.807, 2.05) is 0 Å². The van der Waals surface area contributed by atoms with E-state index < -0.39 is 0 Å². The molecule has 0 fully saturated rings. The van der Waals surface area contributed by atoms with Crippen molar-refractivity contribution in [3.8, 4) is 0 Å². The van der Waals surface area contributed by atoms with Crippen molar-refractivity contribution in [2.75, 3.05) is 26.2 Å². The average molecular weight is 201 g/mol. The maximum absolute atomic E-state index is 10.5. The highest BCUT2D eigenvalue weighted by molar-refractivity contribution is 5.72. The largest absolute Gasteiger partial charge is 0.356 e. The number of amides is 1. The van der Waals surface area contributed by atoms with Gasteiger partial charge in [-0.25, -0.2) is 0 Å². The van der Waals surface area contributed by atoms with E-state index in [0.717, 1.165) is 51.9 Å². The van der Waals surface area contributed by atoms with Crippen molar-refractivity contribution in [2.24, 2.45) is 5.73 Å². The van der Waals surface area contributed by atoms with Crippen molar-refractivity contribution in [1.29, 1.82) is 0 Å². The van der Waals surface area contributed by atoms with Crippen LogP contribution in [-0.2, 0) is 4.79 Å². The molecule has 4 N–H and O–H groups in total. The van der Waals surface area contributed by atoms with Gasteiger partial charge in [0.2, 0.25) is 5.91 Å². The van der Waals surface area contributed by atoms with E-state index in [1.165, 1.54) is 0 Å². The second-order valence-corrected chi connectivity index (χ2v) is 3.44. The Labute approximate surface area is 86.6 Å². The number of carbonyl (C=O) groups excluding carboxylic acids is 1. The molecule has 1 amide bonds. The third-order valence-electron chi connectivity index (χ3n) is 1.96. The van der Waals surface area contributed by atoms with Gasteiger partial charge in [0, 0.05) is 13.5 Å². The maximum atomic E-state index is 10.5. The van der Waals surface area contributed by atoms with Gasteiger partial charge in [-0.15, -0.1) is 0 Å². The predicted molar refractivity (Wildman–Crippen MR) is 59.1 cm³/mol. The number of carbonyl (C=O) groups is 1. The fraction of sp³-hybridized carbons (Fsp3) is 0.900. The molecule has 0 aliphatic rings. The molecule has 0 spiro atoms.